The first-order valence-corrected chi connectivity index (χ1v) is 6.08. The largest absolute Gasteiger partial charge is 0.362 e. The van der Waals surface area contributed by atoms with E-state index in [9.17, 15) is 0 Å². The maximum atomic E-state index is 2.40. The van der Waals surface area contributed by atoms with E-state index in [2.05, 4.69) is 73.3 Å². The fraction of sp³-hybridized carbons (Fsp3) is 0.333. The minimum absolute atomic E-state index is 0.0812. The van der Waals surface area contributed by atoms with E-state index in [1.54, 1.807) is 0 Å². The van der Waals surface area contributed by atoms with Crippen LogP contribution >= 0.6 is 0 Å². The van der Waals surface area contributed by atoms with E-state index in [1.807, 2.05) is 0 Å². The van der Waals surface area contributed by atoms with Gasteiger partial charge in [-0.05, 0) is 31.6 Å². The van der Waals surface area contributed by atoms with Crippen LogP contribution in [-0.4, -0.2) is 19.6 Å². The summed E-state index contributed by atoms with van der Waals surface area (Å²) in [6.07, 6.45) is 7.71. The zero-order chi connectivity index (χ0) is 12.0. The van der Waals surface area contributed by atoms with Crippen LogP contribution in [0.3, 0.4) is 0 Å². The van der Waals surface area contributed by atoms with Gasteiger partial charge in [0.25, 0.3) is 0 Å². The second-order valence-corrected chi connectivity index (χ2v) is 5.06. The fourth-order valence-electron chi connectivity index (χ4n) is 2.95. The Morgan fingerprint density at radius 2 is 1.82 bits per heavy atom. The summed E-state index contributed by atoms with van der Waals surface area (Å²) in [6.45, 7) is 2.31. The predicted octanol–water partition coefficient (Wildman–Crippen LogP) is 3.18. The van der Waals surface area contributed by atoms with E-state index in [-0.39, 0.29) is 5.54 Å². The van der Waals surface area contributed by atoms with Gasteiger partial charge >= 0.3 is 0 Å². The summed E-state index contributed by atoms with van der Waals surface area (Å²) < 4.78 is 0. The zero-order valence-electron chi connectivity index (χ0n) is 10.6. The summed E-state index contributed by atoms with van der Waals surface area (Å²) in [5.41, 5.74) is 4.05. The molecule has 2 aliphatic rings. The quantitative estimate of drug-likeness (QED) is 0.670. The van der Waals surface area contributed by atoms with Gasteiger partial charge in [-0.15, -0.1) is 0 Å². The molecule has 1 atom stereocenters. The number of allylic oxidation sites excluding steroid dienone is 2. The molecule has 1 heterocycles. The van der Waals surface area contributed by atoms with Gasteiger partial charge in [-0.3, -0.25) is 0 Å². The average Bonchev–Trinajstić information content (AvgIpc) is 2.36. The number of anilines is 2. The van der Waals surface area contributed by atoms with E-state index in [4.69, 9.17) is 0 Å². The highest BCUT2D eigenvalue weighted by molar-refractivity contribution is 5.79. The lowest BCUT2D eigenvalue weighted by molar-refractivity contribution is 0.493. The maximum Gasteiger partial charge on any atom is 0.0807 e. The third-order valence-corrected chi connectivity index (χ3v) is 4.16. The van der Waals surface area contributed by atoms with Crippen LogP contribution in [0.25, 0.3) is 0 Å². The third-order valence-electron chi connectivity index (χ3n) is 4.16. The van der Waals surface area contributed by atoms with Crippen molar-refractivity contribution < 1.29 is 0 Å². The molecule has 0 fully saturated rings. The monoisotopic (exact) mass is 226 g/mol. The summed E-state index contributed by atoms with van der Waals surface area (Å²) in [7, 11) is 4.36. The average molecular weight is 226 g/mol. The van der Waals surface area contributed by atoms with E-state index >= 15 is 0 Å². The molecule has 2 nitrogen and oxygen atoms in total. The summed E-state index contributed by atoms with van der Waals surface area (Å²) in [5.74, 6) is 0. The molecule has 0 N–H and O–H groups in total. The van der Waals surface area contributed by atoms with E-state index in [1.165, 1.54) is 17.1 Å². The van der Waals surface area contributed by atoms with Crippen LogP contribution in [0.1, 0.15) is 13.3 Å². The lowest BCUT2D eigenvalue weighted by Crippen LogP contribution is -2.53. The Kier molecular flexibility index (Phi) is 2.09. The number of nitrogens with zero attached hydrogens (tertiary/aromatic N) is 2. The van der Waals surface area contributed by atoms with Gasteiger partial charge < -0.3 is 9.80 Å². The lowest BCUT2D eigenvalue weighted by Gasteiger charge is -2.51. The summed E-state index contributed by atoms with van der Waals surface area (Å²) in [4.78, 5) is 4.72. The highest BCUT2D eigenvalue weighted by Crippen LogP contribution is 2.45. The van der Waals surface area contributed by atoms with Crippen molar-refractivity contribution in [1.82, 2.24) is 0 Å². The van der Waals surface area contributed by atoms with Crippen molar-refractivity contribution in [3.8, 4) is 0 Å². The van der Waals surface area contributed by atoms with Crippen molar-refractivity contribution in [3.63, 3.8) is 0 Å². The molecule has 17 heavy (non-hydrogen) atoms. The molecule has 2 heteroatoms. The molecule has 0 spiro atoms. The summed E-state index contributed by atoms with van der Waals surface area (Å²) in [5, 5.41) is 0. The molecule has 0 amide bonds. The summed E-state index contributed by atoms with van der Waals surface area (Å²) >= 11 is 0. The molecule has 1 aromatic carbocycles. The standard InChI is InChI=1S/C15H18N2/c1-15-11-7-6-10-14(15)16(2)12-8-4-5-9-13(12)17(15)3/h4-10H,11H2,1-3H3. The molecule has 0 saturated carbocycles. The highest BCUT2D eigenvalue weighted by Gasteiger charge is 2.41. The van der Waals surface area contributed by atoms with Crippen molar-refractivity contribution in [2.45, 2.75) is 18.9 Å². The molecule has 1 aliphatic heterocycles. The number of likely N-dealkylation sites (N-methyl/N-ethyl adjacent to an activating group) is 2. The Morgan fingerprint density at radius 1 is 1.12 bits per heavy atom. The molecule has 0 radical (unpaired) electrons. The number of hydrogen-bond donors (Lipinski definition) is 0. The first-order valence-electron chi connectivity index (χ1n) is 6.08. The molecular formula is C15H18N2. The maximum absolute atomic E-state index is 2.40. The van der Waals surface area contributed by atoms with Gasteiger partial charge in [-0.1, -0.05) is 24.3 Å². The molecule has 3 rings (SSSR count). The van der Waals surface area contributed by atoms with Crippen LogP contribution in [0.2, 0.25) is 0 Å². The minimum Gasteiger partial charge on any atom is -0.362 e. The van der Waals surface area contributed by atoms with Crippen molar-refractivity contribution in [3.05, 3.63) is 48.2 Å². The van der Waals surface area contributed by atoms with E-state index in [0.29, 0.717) is 0 Å². The highest BCUT2D eigenvalue weighted by atomic mass is 15.3. The van der Waals surface area contributed by atoms with Gasteiger partial charge in [0.1, 0.15) is 0 Å². The molecule has 1 aromatic rings. The van der Waals surface area contributed by atoms with Crippen molar-refractivity contribution in [2.75, 3.05) is 23.9 Å². The van der Waals surface area contributed by atoms with Gasteiger partial charge in [0.05, 0.1) is 16.9 Å². The van der Waals surface area contributed by atoms with Gasteiger partial charge in [-0.25, -0.2) is 0 Å². The van der Waals surface area contributed by atoms with Crippen molar-refractivity contribution >= 4 is 11.4 Å². The molecule has 1 unspecified atom stereocenters. The Hall–Kier alpha value is -1.70. The van der Waals surface area contributed by atoms with Gasteiger partial charge in [0, 0.05) is 19.8 Å². The second kappa shape index (κ2) is 3.39. The number of fused-ring (bicyclic) bond motifs is 2. The van der Waals surface area contributed by atoms with Gasteiger partial charge in [-0.2, -0.15) is 0 Å². The second-order valence-electron chi connectivity index (χ2n) is 5.06. The molecule has 88 valence electrons. The Morgan fingerprint density at radius 3 is 2.59 bits per heavy atom. The number of rotatable bonds is 0. The van der Waals surface area contributed by atoms with Crippen LogP contribution in [0.5, 0.6) is 0 Å². The van der Waals surface area contributed by atoms with Crippen LogP contribution in [0, 0.1) is 0 Å². The molecule has 1 aliphatic carbocycles. The smallest absolute Gasteiger partial charge is 0.0807 e. The Bertz CT molecular complexity index is 515. The normalized spacial score (nSPS) is 26.4. The SMILES string of the molecule is CN1C2=CC=CCC2(C)N(C)c2ccccc21. The first-order chi connectivity index (χ1) is 8.14. The van der Waals surface area contributed by atoms with Crippen molar-refractivity contribution in [1.29, 1.82) is 0 Å². The first kappa shape index (κ1) is 10.5. The Balaban J connectivity index is 2.23. The molecule has 0 saturated heterocycles. The Labute approximate surface area is 103 Å². The topological polar surface area (TPSA) is 6.48 Å². The van der Waals surface area contributed by atoms with Crippen LogP contribution in [0.4, 0.5) is 11.4 Å². The number of benzene rings is 1. The van der Waals surface area contributed by atoms with Crippen LogP contribution in [-0.2, 0) is 0 Å². The predicted molar refractivity (Wildman–Crippen MR) is 73.5 cm³/mol. The number of hydrogen-bond acceptors (Lipinski definition) is 2. The van der Waals surface area contributed by atoms with Crippen LogP contribution < -0.4 is 9.80 Å². The summed E-state index contributed by atoms with van der Waals surface area (Å²) in [6, 6.07) is 8.60. The lowest BCUT2D eigenvalue weighted by atomic mass is 9.84. The molecule has 0 bridgehead atoms. The van der Waals surface area contributed by atoms with Crippen LogP contribution in [0.15, 0.2) is 48.2 Å². The molecule has 0 aromatic heterocycles. The van der Waals surface area contributed by atoms with Gasteiger partial charge in [0.15, 0.2) is 0 Å². The van der Waals surface area contributed by atoms with Gasteiger partial charge in [0.2, 0.25) is 0 Å². The zero-order valence-corrected chi connectivity index (χ0v) is 10.6. The van der Waals surface area contributed by atoms with Crippen molar-refractivity contribution in [2.24, 2.45) is 0 Å². The molecular weight excluding hydrogens is 208 g/mol. The fourth-order valence-corrected chi connectivity index (χ4v) is 2.95. The van der Waals surface area contributed by atoms with E-state index < -0.39 is 0 Å². The minimum atomic E-state index is 0.0812. The van der Waals surface area contributed by atoms with E-state index in [0.717, 1.165) is 6.42 Å². The third kappa shape index (κ3) is 1.27. The number of para-hydroxylation sites is 2.